The highest BCUT2D eigenvalue weighted by Gasteiger charge is 2.44. The smallest absolute Gasteiger partial charge is 0.300 e. The number of non-ortho nitro benzene ring substituents is 1. The van der Waals surface area contributed by atoms with E-state index in [-0.39, 0.29) is 11.2 Å². The number of nitro groups is 1. The molecule has 8 heteroatoms. The van der Waals surface area contributed by atoms with Gasteiger partial charge in [-0.1, -0.05) is 66.7 Å². The first-order valence-corrected chi connectivity index (χ1v) is 16.8. The van der Waals surface area contributed by atoms with Crippen molar-refractivity contribution in [2.75, 3.05) is 12.8 Å². The second kappa shape index (κ2) is 13.6. The van der Waals surface area contributed by atoms with Gasteiger partial charge in [-0.15, -0.1) is 0 Å². The summed E-state index contributed by atoms with van der Waals surface area (Å²) in [6, 6.07) is 43.9. The molecule has 0 radical (unpaired) electrons. The molecule has 1 aromatic heterocycles. The number of benzene rings is 5. The minimum absolute atomic E-state index is 0.127. The highest BCUT2D eigenvalue weighted by molar-refractivity contribution is 7.95. The highest BCUT2D eigenvalue weighted by Crippen LogP contribution is 2.56. The highest BCUT2D eigenvalue weighted by atomic mass is 31.2. The van der Waals surface area contributed by atoms with E-state index in [0.717, 1.165) is 48.7 Å². The number of hydrogen-bond donors (Lipinski definition) is 0. The van der Waals surface area contributed by atoms with Crippen LogP contribution in [-0.4, -0.2) is 28.0 Å². The first kappa shape index (κ1) is 29.2. The minimum Gasteiger partial charge on any atom is -0.494 e. The monoisotopic (exact) mass is 602 g/mol. The maximum absolute atomic E-state index is 11.3. The van der Waals surface area contributed by atoms with E-state index in [4.69, 9.17) is 9.37 Å². The fourth-order valence-corrected chi connectivity index (χ4v) is 10.3. The predicted octanol–water partition coefficient (Wildman–Crippen LogP) is 7.73. The Morgan fingerprint density at radius 3 is 1.75 bits per heavy atom. The Bertz CT molecular complexity index is 1710. The Kier molecular flexibility index (Phi) is 9.04. The molecule has 44 heavy (non-hydrogen) atoms. The normalized spacial score (nSPS) is 11.5. The number of nitro benzene ring substituents is 1. The van der Waals surface area contributed by atoms with Crippen molar-refractivity contribution in [1.29, 1.82) is 0 Å². The summed E-state index contributed by atoms with van der Waals surface area (Å²) >= 11 is 0. The molecule has 6 aromatic rings. The van der Waals surface area contributed by atoms with Crippen LogP contribution in [0.1, 0.15) is 25.7 Å². The van der Waals surface area contributed by atoms with Crippen molar-refractivity contribution in [3.63, 3.8) is 0 Å². The Balaban J connectivity index is 1.06. The van der Waals surface area contributed by atoms with E-state index in [1.54, 1.807) is 6.07 Å². The van der Waals surface area contributed by atoms with E-state index < -0.39 is 12.2 Å². The van der Waals surface area contributed by atoms with E-state index >= 15 is 0 Å². The summed E-state index contributed by atoms with van der Waals surface area (Å²) in [5.41, 5.74) is 1.96. The molecule has 0 saturated carbocycles. The van der Waals surface area contributed by atoms with Gasteiger partial charge >= 0.3 is 5.69 Å². The van der Waals surface area contributed by atoms with Crippen LogP contribution >= 0.6 is 7.26 Å². The first-order valence-electron chi connectivity index (χ1n) is 14.8. The molecule has 0 saturated heterocycles. The van der Waals surface area contributed by atoms with Crippen LogP contribution in [-0.2, 0) is 0 Å². The fourth-order valence-electron chi connectivity index (χ4n) is 5.84. The SMILES string of the molecule is O=[N+]([O-])c1ccc(-c2ccc(OCCCCCC[P+](c3ccccc3)(c3ccccc3)c3ccccc3)cc2)c2nonc12. The maximum atomic E-state index is 11.3. The van der Waals surface area contributed by atoms with Crippen LogP contribution < -0.4 is 20.7 Å². The summed E-state index contributed by atoms with van der Waals surface area (Å²) in [5.74, 6) is 0.785. The van der Waals surface area contributed by atoms with Crippen LogP contribution in [0.15, 0.2) is 132 Å². The Hall–Kier alpha value is -4.87. The topological polar surface area (TPSA) is 91.3 Å². The van der Waals surface area contributed by atoms with Gasteiger partial charge in [-0.25, -0.2) is 4.63 Å². The molecule has 0 spiro atoms. The van der Waals surface area contributed by atoms with Gasteiger partial charge in [-0.3, -0.25) is 10.1 Å². The van der Waals surface area contributed by atoms with E-state index in [1.807, 2.05) is 24.3 Å². The lowest BCUT2D eigenvalue weighted by atomic mass is 10.0. The molecule has 0 bridgehead atoms. The summed E-state index contributed by atoms with van der Waals surface area (Å²) in [5, 5.41) is 23.2. The number of unbranched alkanes of at least 4 members (excludes halogenated alkanes) is 3. The first-order chi connectivity index (χ1) is 21.7. The third-order valence-corrected chi connectivity index (χ3v) is 12.5. The molecular formula is C36H33N3O4P+. The summed E-state index contributed by atoms with van der Waals surface area (Å²) in [6.07, 6.45) is 5.48. The molecule has 1 heterocycles. The summed E-state index contributed by atoms with van der Waals surface area (Å²) in [6.45, 7) is 0.644. The molecule has 6 rings (SSSR count). The van der Waals surface area contributed by atoms with E-state index in [1.165, 1.54) is 22.0 Å². The van der Waals surface area contributed by atoms with Gasteiger partial charge in [0, 0.05) is 11.6 Å². The molecule has 220 valence electrons. The molecule has 0 aliphatic heterocycles. The van der Waals surface area contributed by atoms with Gasteiger partial charge in [0.2, 0.25) is 5.52 Å². The summed E-state index contributed by atoms with van der Waals surface area (Å²) in [4.78, 5) is 10.8. The third-order valence-electron chi connectivity index (χ3n) is 8.00. The zero-order chi connectivity index (χ0) is 30.2. The molecule has 0 unspecified atom stereocenters. The average Bonchev–Trinajstić information content (AvgIpc) is 3.57. The largest absolute Gasteiger partial charge is 0.494 e. The molecule has 0 aliphatic carbocycles. The lowest BCUT2D eigenvalue weighted by molar-refractivity contribution is -0.383. The molecule has 0 aliphatic rings. The quantitative estimate of drug-likeness (QED) is 0.0582. The minimum atomic E-state index is -1.78. The lowest BCUT2D eigenvalue weighted by Gasteiger charge is -2.27. The molecule has 0 atom stereocenters. The molecule has 5 aromatic carbocycles. The molecule has 0 N–H and O–H groups in total. The Labute approximate surface area is 257 Å². The van der Waals surface area contributed by atoms with Crippen LogP contribution in [0.3, 0.4) is 0 Å². The van der Waals surface area contributed by atoms with Crippen molar-refractivity contribution in [2.24, 2.45) is 0 Å². The van der Waals surface area contributed by atoms with Gasteiger partial charge in [-0.05, 0) is 96.2 Å². The number of aromatic nitrogens is 2. The van der Waals surface area contributed by atoms with Crippen molar-refractivity contribution in [2.45, 2.75) is 25.7 Å². The van der Waals surface area contributed by atoms with E-state index in [0.29, 0.717) is 12.1 Å². The van der Waals surface area contributed by atoms with Gasteiger partial charge in [0.05, 0.1) is 17.7 Å². The van der Waals surface area contributed by atoms with Gasteiger partial charge < -0.3 is 4.74 Å². The number of ether oxygens (including phenoxy) is 1. The van der Waals surface area contributed by atoms with E-state index in [9.17, 15) is 10.1 Å². The standard InChI is InChI=1S/C36H33N3O4P/c40-39(41)34-25-24-33(35-36(34)38-43-37-35)28-20-22-29(23-21-28)42-26-12-1-2-13-27-44(30-14-6-3-7-15-30,31-16-8-4-9-17-31)32-18-10-5-11-19-32/h3-11,14-25H,1-2,12-13,26-27H2/q+1. The predicted molar refractivity (Wildman–Crippen MR) is 178 cm³/mol. The van der Waals surface area contributed by atoms with Crippen LogP contribution in [0.2, 0.25) is 0 Å². The molecule has 0 fully saturated rings. The van der Waals surface area contributed by atoms with E-state index in [2.05, 4.69) is 101 Å². The third kappa shape index (κ3) is 6.10. The van der Waals surface area contributed by atoms with Crippen LogP contribution in [0.25, 0.3) is 22.2 Å². The van der Waals surface area contributed by atoms with Crippen molar-refractivity contribution in [1.82, 2.24) is 10.3 Å². The molecule has 0 amide bonds. The summed E-state index contributed by atoms with van der Waals surface area (Å²) in [7, 11) is -1.78. The number of fused-ring (bicyclic) bond motifs is 1. The van der Waals surface area contributed by atoms with Gasteiger partial charge in [0.15, 0.2) is 0 Å². The van der Waals surface area contributed by atoms with Gasteiger partial charge in [0.25, 0.3) is 0 Å². The molecular weight excluding hydrogens is 569 g/mol. The van der Waals surface area contributed by atoms with Gasteiger partial charge in [-0.2, -0.15) is 0 Å². The Morgan fingerprint density at radius 2 is 1.18 bits per heavy atom. The second-order valence-electron chi connectivity index (χ2n) is 10.7. The second-order valence-corrected chi connectivity index (χ2v) is 14.3. The number of hydrogen-bond acceptors (Lipinski definition) is 6. The van der Waals surface area contributed by atoms with Crippen LogP contribution in [0.5, 0.6) is 5.75 Å². The average molecular weight is 603 g/mol. The fraction of sp³-hybridized carbons (Fsp3) is 0.167. The lowest BCUT2D eigenvalue weighted by Crippen LogP contribution is -2.33. The van der Waals surface area contributed by atoms with Crippen molar-refractivity contribution in [3.8, 4) is 16.9 Å². The zero-order valence-electron chi connectivity index (χ0n) is 24.3. The Morgan fingerprint density at radius 1 is 0.636 bits per heavy atom. The summed E-state index contributed by atoms with van der Waals surface area (Å²) < 4.78 is 10.8. The molecule has 7 nitrogen and oxygen atoms in total. The van der Waals surface area contributed by atoms with Crippen molar-refractivity contribution < 1.29 is 14.3 Å². The van der Waals surface area contributed by atoms with Crippen molar-refractivity contribution >= 4 is 39.9 Å². The zero-order valence-corrected chi connectivity index (χ0v) is 25.2. The van der Waals surface area contributed by atoms with Crippen molar-refractivity contribution in [3.05, 3.63) is 138 Å². The van der Waals surface area contributed by atoms with Crippen LogP contribution in [0.4, 0.5) is 5.69 Å². The maximum Gasteiger partial charge on any atom is 0.300 e. The number of rotatable bonds is 13. The van der Waals surface area contributed by atoms with Crippen LogP contribution in [0, 0.1) is 10.1 Å². The van der Waals surface area contributed by atoms with Gasteiger partial charge in [0.1, 0.15) is 34.4 Å². The number of nitrogens with zero attached hydrogens (tertiary/aromatic N) is 3.